The third-order valence-corrected chi connectivity index (χ3v) is 2.43. The molecule has 1 aromatic heterocycles. The van der Waals surface area contributed by atoms with Crippen LogP contribution in [0, 0.1) is 0 Å². The average Bonchev–Trinajstić information content (AvgIpc) is 2.23. The van der Waals surface area contributed by atoms with E-state index in [9.17, 15) is 0 Å². The number of pyridine rings is 1. The summed E-state index contributed by atoms with van der Waals surface area (Å²) in [5, 5.41) is 0. The summed E-state index contributed by atoms with van der Waals surface area (Å²) in [6.07, 6.45) is 9.61. The highest BCUT2D eigenvalue weighted by Crippen LogP contribution is 2.28. The number of allylic oxidation sites excluding steroid dienone is 1. The molecule has 1 aromatic rings. The van der Waals surface area contributed by atoms with Crippen molar-refractivity contribution in [1.29, 1.82) is 0 Å². The Morgan fingerprint density at radius 3 is 3.21 bits per heavy atom. The summed E-state index contributed by atoms with van der Waals surface area (Å²) in [5.41, 5.74) is 0.955. The van der Waals surface area contributed by atoms with Crippen molar-refractivity contribution in [2.45, 2.75) is 12.4 Å². The van der Waals surface area contributed by atoms with Gasteiger partial charge in [0, 0.05) is 18.0 Å². The number of aromatic nitrogens is 1. The van der Waals surface area contributed by atoms with E-state index in [0.29, 0.717) is 0 Å². The molecule has 3 heteroatoms. The van der Waals surface area contributed by atoms with Crippen molar-refractivity contribution >= 4 is 23.5 Å². The molecular formula is C11H11ClN2. The zero-order valence-electron chi connectivity index (χ0n) is 7.89. The van der Waals surface area contributed by atoms with Gasteiger partial charge in [0.25, 0.3) is 0 Å². The molecule has 1 aliphatic heterocycles. The highest BCUT2D eigenvalue weighted by atomic mass is 35.5. The van der Waals surface area contributed by atoms with Crippen LogP contribution in [0.2, 0.25) is 0 Å². The first-order valence-electron chi connectivity index (χ1n) is 4.51. The third kappa shape index (κ3) is 1.53. The SMILES string of the molecule is CC=CN1c2ncccc2C=CC1Cl. The average molecular weight is 207 g/mol. The van der Waals surface area contributed by atoms with Gasteiger partial charge in [-0.05, 0) is 25.1 Å². The normalized spacial score (nSPS) is 20.1. The van der Waals surface area contributed by atoms with Gasteiger partial charge in [0.05, 0.1) is 0 Å². The number of hydrogen-bond donors (Lipinski definition) is 0. The fraction of sp³-hybridized carbons (Fsp3) is 0.182. The summed E-state index contributed by atoms with van der Waals surface area (Å²) in [5.74, 6) is 0.910. The fourth-order valence-corrected chi connectivity index (χ4v) is 1.69. The Kier molecular flexibility index (Phi) is 2.55. The predicted octanol–water partition coefficient (Wildman–Crippen LogP) is 3.01. The summed E-state index contributed by atoms with van der Waals surface area (Å²) in [7, 11) is 0. The van der Waals surface area contributed by atoms with Crippen molar-refractivity contribution in [1.82, 2.24) is 4.98 Å². The topological polar surface area (TPSA) is 16.1 Å². The predicted molar refractivity (Wildman–Crippen MR) is 60.2 cm³/mol. The van der Waals surface area contributed by atoms with Crippen molar-refractivity contribution in [3.63, 3.8) is 0 Å². The second-order valence-electron chi connectivity index (χ2n) is 3.04. The lowest BCUT2D eigenvalue weighted by Gasteiger charge is -2.27. The Labute approximate surface area is 88.5 Å². The standard InChI is InChI=1S/C11H11ClN2/c1-2-8-14-10(12)6-5-9-4-3-7-13-11(9)14/h2-8,10H,1H3. The molecule has 72 valence electrons. The molecule has 1 aliphatic rings. The first-order chi connectivity index (χ1) is 6.83. The second kappa shape index (κ2) is 3.84. The van der Waals surface area contributed by atoms with E-state index in [1.807, 2.05) is 48.4 Å². The first-order valence-corrected chi connectivity index (χ1v) is 4.95. The van der Waals surface area contributed by atoms with Crippen LogP contribution in [0.25, 0.3) is 6.08 Å². The summed E-state index contributed by atoms with van der Waals surface area (Å²) < 4.78 is 0. The van der Waals surface area contributed by atoms with Crippen molar-refractivity contribution in [3.8, 4) is 0 Å². The molecule has 0 radical (unpaired) electrons. The Hall–Kier alpha value is -1.28. The molecule has 0 saturated carbocycles. The van der Waals surface area contributed by atoms with E-state index in [2.05, 4.69) is 4.98 Å². The Morgan fingerprint density at radius 2 is 2.43 bits per heavy atom. The molecule has 0 bridgehead atoms. The highest BCUT2D eigenvalue weighted by Gasteiger charge is 2.18. The molecule has 0 aromatic carbocycles. The molecule has 14 heavy (non-hydrogen) atoms. The zero-order valence-corrected chi connectivity index (χ0v) is 8.65. The fourth-order valence-electron chi connectivity index (χ4n) is 1.46. The number of alkyl halides is 1. The molecule has 0 fully saturated rings. The maximum Gasteiger partial charge on any atom is 0.141 e. The number of nitrogens with zero attached hydrogens (tertiary/aromatic N) is 2. The van der Waals surface area contributed by atoms with Gasteiger partial charge in [0.15, 0.2) is 0 Å². The van der Waals surface area contributed by atoms with Crippen LogP contribution in [-0.4, -0.2) is 10.5 Å². The summed E-state index contributed by atoms with van der Waals surface area (Å²) in [6, 6.07) is 3.95. The van der Waals surface area contributed by atoms with E-state index in [1.165, 1.54) is 0 Å². The minimum Gasteiger partial charge on any atom is -0.312 e. The largest absolute Gasteiger partial charge is 0.312 e. The van der Waals surface area contributed by atoms with E-state index in [4.69, 9.17) is 11.6 Å². The van der Waals surface area contributed by atoms with Crippen LogP contribution in [0.1, 0.15) is 12.5 Å². The van der Waals surface area contributed by atoms with Gasteiger partial charge >= 0.3 is 0 Å². The Morgan fingerprint density at radius 1 is 1.57 bits per heavy atom. The number of anilines is 1. The molecule has 0 amide bonds. The maximum atomic E-state index is 6.14. The molecule has 2 rings (SSSR count). The van der Waals surface area contributed by atoms with Gasteiger partial charge in [-0.15, -0.1) is 0 Å². The minimum absolute atomic E-state index is 0.145. The van der Waals surface area contributed by atoms with Crippen molar-refractivity contribution < 1.29 is 0 Å². The van der Waals surface area contributed by atoms with Gasteiger partial charge in [-0.3, -0.25) is 0 Å². The van der Waals surface area contributed by atoms with Crippen LogP contribution in [-0.2, 0) is 0 Å². The van der Waals surface area contributed by atoms with Crippen LogP contribution in [0.15, 0.2) is 36.7 Å². The molecule has 2 nitrogen and oxygen atoms in total. The van der Waals surface area contributed by atoms with Gasteiger partial charge < -0.3 is 4.90 Å². The van der Waals surface area contributed by atoms with Gasteiger partial charge in [0.1, 0.15) is 11.3 Å². The summed E-state index contributed by atoms with van der Waals surface area (Å²) >= 11 is 6.14. The van der Waals surface area contributed by atoms with Crippen molar-refractivity contribution in [2.75, 3.05) is 4.90 Å². The van der Waals surface area contributed by atoms with Crippen molar-refractivity contribution in [2.24, 2.45) is 0 Å². The van der Waals surface area contributed by atoms with E-state index in [-0.39, 0.29) is 5.50 Å². The van der Waals surface area contributed by atoms with E-state index in [0.717, 1.165) is 11.4 Å². The van der Waals surface area contributed by atoms with Crippen LogP contribution < -0.4 is 4.90 Å². The lowest BCUT2D eigenvalue weighted by molar-refractivity contribution is 0.966. The molecule has 1 atom stereocenters. The highest BCUT2D eigenvalue weighted by molar-refractivity contribution is 6.23. The monoisotopic (exact) mass is 206 g/mol. The summed E-state index contributed by atoms with van der Waals surface area (Å²) in [4.78, 5) is 6.25. The quantitative estimate of drug-likeness (QED) is 0.519. The molecule has 1 unspecified atom stereocenters. The molecule has 0 N–H and O–H groups in total. The van der Waals surface area contributed by atoms with E-state index >= 15 is 0 Å². The Balaban J connectivity index is 2.47. The molecule has 0 saturated heterocycles. The number of halogens is 1. The Bertz CT molecular complexity index is 385. The number of fused-ring (bicyclic) bond motifs is 1. The van der Waals surface area contributed by atoms with E-state index in [1.54, 1.807) is 6.20 Å². The second-order valence-corrected chi connectivity index (χ2v) is 3.48. The van der Waals surface area contributed by atoms with Crippen LogP contribution >= 0.6 is 11.6 Å². The van der Waals surface area contributed by atoms with Gasteiger partial charge in [0.2, 0.25) is 0 Å². The van der Waals surface area contributed by atoms with Gasteiger partial charge in [-0.1, -0.05) is 23.8 Å². The van der Waals surface area contributed by atoms with Gasteiger partial charge in [-0.25, -0.2) is 4.98 Å². The summed E-state index contributed by atoms with van der Waals surface area (Å²) in [6.45, 7) is 1.96. The molecule has 0 aliphatic carbocycles. The molecular weight excluding hydrogens is 196 g/mol. The first kappa shape index (κ1) is 9.28. The smallest absolute Gasteiger partial charge is 0.141 e. The minimum atomic E-state index is -0.145. The molecule has 2 heterocycles. The third-order valence-electron chi connectivity index (χ3n) is 2.07. The van der Waals surface area contributed by atoms with E-state index < -0.39 is 0 Å². The van der Waals surface area contributed by atoms with Crippen LogP contribution in [0.4, 0.5) is 5.82 Å². The number of hydrogen-bond acceptors (Lipinski definition) is 2. The lowest BCUT2D eigenvalue weighted by Crippen LogP contribution is -2.27. The lowest BCUT2D eigenvalue weighted by atomic mass is 10.2. The maximum absolute atomic E-state index is 6.14. The molecule has 0 spiro atoms. The number of rotatable bonds is 1. The van der Waals surface area contributed by atoms with Crippen LogP contribution in [0.5, 0.6) is 0 Å². The van der Waals surface area contributed by atoms with Gasteiger partial charge in [-0.2, -0.15) is 0 Å². The van der Waals surface area contributed by atoms with Crippen LogP contribution in [0.3, 0.4) is 0 Å². The van der Waals surface area contributed by atoms with Crippen molar-refractivity contribution in [3.05, 3.63) is 42.2 Å². The zero-order chi connectivity index (χ0) is 9.97.